The quantitative estimate of drug-likeness (QED) is 0.341. The molecule has 4 aromatic rings. The number of rotatable bonds is 5. The molecule has 28 heavy (non-hydrogen) atoms. The van der Waals surface area contributed by atoms with Gasteiger partial charge in [0, 0.05) is 33.7 Å². The standard InChI is InChI=1S/C24H22Cl2N2/c1-3-16-6-5-7-17(4-2)24(16)22-13-18-10-11-28(23(18)14-27-22)15-19-12-20(25)8-9-21(19)26/h5-14H,3-4,15H2,1-2H3. The van der Waals surface area contributed by atoms with Gasteiger partial charge in [-0.05, 0) is 59.9 Å². The molecular weight excluding hydrogens is 387 g/mol. The Labute approximate surface area is 175 Å². The van der Waals surface area contributed by atoms with Crippen molar-refractivity contribution in [3.63, 3.8) is 0 Å². The summed E-state index contributed by atoms with van der Waals surface area (Å²) in [5.41, 5.74) is 7.10. The third-order valence-corrected chi connectivity index (χ3v) is 5.86. The number of nitrogens with zero attached hydrogens (tertiary/aromatic N) is 2. The number of benzene rings is 2. The molecular formula is C24H22Cl2N2. The molecule has 0 saturated carbocycles. The van der Waals surface area contributed by atoms with Crippen LogP contribution in [0.25, 0.3) is 22.2 Å². The molecule has 0 amide bonds. The molecule has 0 N–H and O–H groups in total. The normalized spacial score (nSPS) is 11.3. The van der Waals surface area contributed by atoms with Crippen molar-refractivity contribution in [2.24, 2.45) is 0 Å². The van der Waals surface area contributed by atoms with Crippen LogP contribution in [0, 0.1) is 0 Å². The average Bonchev–Trinajstić information content (AvgIpc) is 3.12. The number of fused-ring (bicyclic) bond motifs is 1. The van der Waals surface area contributed by atoms with Gasteiger partial charge in [0.15, 0.2) is 0 Å². The molecule has 0 unspecified atom stereocenters. The van der Waals surface area contributed by atoms with E-state index in [1.807, 2.05) is 24.4 Å². The van der Waals surface area contributed by atoms with Crippen LogP contribution in [0.5, 0.6) is 0 Å². The Bertz CT molecular complexity index is 1120. The molecule has 2 nitrogen and oxygen atoms in total. The highest BCUT2D eigenvalue weighted by Gasteiger charge is 2.12. The van der Waals surface area contributed by atoms with Crippen molar-refractivity contribution in [2.45, 2.75) is 33.2 Å². The van der Waals surface area contributed by atoms with Crippen LogP contribution in [0.15, 0.2) is 60.9 Å². The highest BCUT2D eigenvalue weighted by molar-refractivity contribution is 6.33. The number of halogens is 2. The molecule has 2 heterocycles. The fourth-order valence-electron chi connectivity index (χ4n) is 3.78. The Kier molecular flexibility index (Phi) is 5.43. The van der Waals surface area contributed by atoms with E-state index in [0.717, 1.165) is 34.6 Å². The smallest absolute Gasteiger partial charge is 0.0715 e. The first kappa shape index (κ1) is 19.0. The van der Waals surface area contributed by atoms with Gasteiger partial charge in [-0.2, -0.15) is 0 Å². The lowest BCUT2D eigenvalue weighted by atomic mass is 9.94. The van der Waals surface area contributed by atoms with Gasteiger partial charge < -0.3 is 4.57 Å². The molecule has 0 saturated heterocycles. The highest BCUT2D eigenvalue weighted by Crippen LogP contribution is 2.30. The van der Waals surface area contributed by atoms with Crippen LogP contribution < -0.4 is 0 Å². The Morgan fingerprint density at radius 3 is 2.36 bits per heavy atom. The van der Waals surface area contributed by atoms with E-state index in [9.17, 15) is 0 Å². The van der Waals surface area contributed by atoms with Crippen LogP contribution in [0.3, 0.4) is 0 Å². The number of pyridine rings is 1. The van der Waals surface area contributed by atoms with Gasteiger partial charge in [0.1, 0.15) is 0 Å². The van der Waals surface area contributed by atoms with Gasteiger partial charge in [-0.1, -0.05) is 55.2 Å². The second-order valence-corrected chi connectivity index (χ2v) is 7.81. The van der Waals surface area contributed by atoms with E-state index in [1.165, 1.54) is 22.1 Å². The predicted molar refractivity (Wildman–Crippen MR) is 119 cm³/mol. The molecule has 2 aromatic carbocycles. The minimum atomic E-state index is 0.662. The molecule has 142 valence electrons. The topological polar surface area (TPSA) is 17.8 Å². The van der Waals surface area contributed by atoms with Crippen molar-refractivity contribution in [2.75, 3.05) is 0 Å². The van der Waals surface area contributed by atoms with Crippen molar-refractivity contribution in [3.05, 3.63) is 87.7 Å². The van der Waals surface area contributed by atoms with E-state index in [0.29, 0.717) is 11.6 Å². The fourth-order valence-corrected chi connectivity index (χ4v) is 4.15. The minimum Gasteiger partial charge on any atom is -0.342 e. The first-order valence-corrected chi connectivity index (χ1v) is 10.4. The van der Waals surface area contributed by atoms with Crippen LogP contribution in [-0.2, 0) is 19.4 Å². The fraction of sp³-hybridized carbons (Fsp3) is 0.208. The number of aromatic nitrogens is 2. The average molecular weight is 409 g/mol. The zero-order valence-corrected chi connectivity index (χ0v) is 17.6. The van der Waals surface area contributed by atoms with E-state index in [2.05, 4.69) is 54.9 Å². The summed E-state index contributed by atoms with van der Waals surface area (Å²) in [6, 6.07) is 16.5. The van der Waals surface area contributed by atoms with Crippen molar-refractivity contribution in [1.29, 1.82) is 0 Å². The summed E-state index contributed by atoms with van der Waals surface area (Å²) in [6.45, 7) is 5.06. The lowest BCUT2D eigenvalue weighted by molar-refractivity contribution is 0.835. The third kappa shape index (κ3) is 3.55. The Hall–Kier alpha value is -2.29. The second kappa shape index (κ2) is 7.98. The van der Waals surface area contributed by atoms with Crippen LogP contribution >= 0.6 is 23.2 Å². The van der Waals surface area contributed by atoms with E-state index < -0.39 is 0 Å². The van der Waals surface area contributed by atoms with E-state index in [4.69, 9.17) is 28.2 Å². The monoisotopic (exact) mass is 408 g/mol. The maximum Gasteiger partial charge on any atom is 0.0715 e. The molecule has 0 aliphatic carbocycles. The highest BCUT2D eigenvalue weighted by atomic mass is 35.5. The third-order valence-electron chi connectivity index (χ3n) is 5.26. The molecule has 2 aromatic heterocycles. The van der Waals surface area contributed by atoms with Crippen LogP contribution in [0.4, 0.5) is 0 Å². The van der Waals surface area contributed by atoms with Gasteiger partial charge in [0.25, 0.3) is 0 Å². The lowest BCUT2D eigenvalue weighted by Gasteiger charge is -2.13. The molecule has 4 heteroatoms. The maximum absolute atomic E-state index is 6.35. The van der Waals surface area contributed by atoms with Gasteiger partial charge in [0.2, 0.25) is 0 Å². The summed E-state index contributed by atoms with van der Waals surface area (Å²) < 4.78 is 2.16. The summed E-state index contributed by atoms with van der Waals surface area (Å²) >= 11 is 12.5. The lowest BCUT2D eigenvalue weighted by Crippen LogP contribution is -2.00. The SMILES string of the molecule is CCc1cccc(CC)c1-c1cc2ccn(Cc3cc(Cl)ccc3Cl)c2cn1. The van der Waals surface area contributed by atoms with Crippen LogP contribution in [0.1, 0.15) is 30.5 Å². The molecule has 0 atom stereocenters. The molecule has 0 bridgehead atoms. The van der Waals surface area contributed by atoms with Crippen molar-refractivity contribution < 1.29 is 0 Å². The molecule has 0 fully saturated rings. The van der Waals surface area contributed by atoms with Gasteiger partial charge >= 0.3 is 0 Å². The van der Waals surface area contributed by atoms with E-state index in [-0.39, 0.29) is 0 Å². The summed E-state index contributed by atoms with van der Waals surface area (Å²) in [5, 5.41) is 2.59. The Morgan fingerprint density at radius 2 is 1.64 bits per heavy atom. The van der Waals surface area contributed by atoms with Crippen LogP contribution in [0.2, 0.25) is 10.0 Å². The number of hydrogen-bond donors (Lipinski definition) is 0. The van der Waals surface area contributed by atoms with Gasteiger partial charge in [-0.15, -0.1) is 0 Å². The Morgan fingerprint density at radius 1 is 0.893 bits per heavy atom. The van der Waals surface area contributed by atoms with Crippen molar-refractivity contribution >= 4 is 34.1 Å². The zero-order valence-electron chi connectivity index (χ0n) is 16.0. The predicted octanol–water partition coefficient (Wildman–Crippen LogP) is 7.18. The largest absolute Gasteiger partial charge is 0.342 e. The van der Waals surface area contributed by atoms with Crippen LogP contribution in [-0.4, -0.2) is 9.55 Å². The Balaban J connectivity index is 1.76. The molecule has 4 rings (SSSR count). The first-order valence-electron chi connectivity index (χ1n) is 9.60. The van der Waals surface area contributed by atoms with E-state index >= 15 is 0 Å². The van der Waals surface area contributed by atoms with E-state index in [1.54, 1.807) is 0 Å². The van der Waals surface area contributed by atoms with Gasteiger partial charge in [-0.3, -0.25) is 4.98 Å². The first-order chi connectivity index (χ1) is 13.6. The zero-order chi connectivity index (χ0) is 19.7. The second-order valence-electron chi connectivity index (χ2n) is 6.97. The summed E-state index contributed by atoms with van der Waals surface area (Å²) in [5.74, 6) is 0. The molecule has 0 aliphatic rings. The summed E-state index contributed by atoms with van der Waals surface area (Å²) in [7, 11) is 0. The van der Waals surface area contributed by atoms with Crippen molar-refractivity contribution in [3.8, 4) is 11.3 Å². The molecule has 0 aliphatic heterocycles. The van der Waals surface area contributed by atoms with Crippen molar-refractivity contribution in [1.82, 2.24) is 9.55 Å². The number of hydrogen-bond acceptors (Lipinski definition) is 1. The summed E-state index contributed by atoms with van der Waals surface area (Å²) in [6.07, 6.45) is 6.04. The number of aryl methyl sites for hydroxylation is 2. The van der Waals surface area contributed by atoms with Gasteiger partial charge in [0.05, 0.1) is 17.4 Å². The summed E-state index contributed by atoms with van der Waals surface area (Å²) in [4.78, 5) is 4.83. The van der Waals surface area contributed by atoms with Gasteiger partial charge in [-0.25, -0.2) is 0 Å². The molecule has 0 radical (unpaired) electrons. The molecule has 0 spiro atoms. The maximum atomic E-state index is 6.35. The minimum absolute atomic E-state index is 0.662.